The van der Waals surface area contributed by atoms with Gasteiger partial charge >= 0.3 is 0 Å². The predicted octanol–water partition coefficient (Wildman–Crippen LogP) is 3.07. The molecular weight excluding hydrogens is 246 g/mol. The Morgan fingerprint density at radius 2 is 2.20 bits per heavy atom. The van der Waals surface area contributed by atoms with Gasteiger partial charge in [-0.15, -0.1) is 0 Å². The summed E-state index contributed by atoms with van der Waals surface area (Å²) in [5.74, 6) is 0. The Balaban J connectivity index is 2.13. The topological polar surface area (TPSA) is 28.2 Å². The molecule has 1 aliphatic rings. The van der Waals surface area contributed by atoms with Gasteiger partial charge in [-0.25, -0.2) is 0 Å². The molecule has 2 unspecified atom stereocenters. The second-order valence-corrected chi connectivity index (χ2v) is 6.60. The van der Waals surface area contributed by atoms with Crippen molar-refractivity contribution in [3.63, 3.8) is 0 Å². The quantitative estimate of drug-likeness (QED) is 0.895. The first-order chi connectivity index (χ1) is 9.58. The molecule has 0 spiro atoms. The number of likely N-dealkylation sites (N-methyl/N-ethyl adjacent to an activating group) is 2. The lowest BCUT2D eigenvalue weighted by Gasteiger charge is -2.48. The van der Waals surface area contributed by atoms with Crippen molar-refractivity contribution in [3.8, 4) is 0 Å². The van der Waals surface area contributed by atoms with Crippen molar-refractivity contribution in [2.75, 3.05) is 13.6 Å². The molecule has 112 valence electrons. The van der Waals surface area contributed by atoms with Gasteiger partial charge in [0.25, 0.3) is 0 Å². The summed E-state index contributed by atoms with van der Waals surface area (Å²) in [6.45, 7) is 9.09. The van der Waals surface area contributed by atoms with Gasteiger partial charge in [0.15, 0.2) is 0 Å². The van der Waals surface area contributed by atoms with Crippen LogP contribution in [0, 0.1) is 5.41 Å². The molecule has 0 saturated heterocycles. The molecular formula is C17H29N3. The van der Waals surface area contributed by atoms with E-state index in [9.17, 15) is 0 Å². The normalized spacial score (nSPS) is 25.9. The van der Waals surface area contributed by atoms with Crippen molar-refractivity contribution < 1.29 is 0 Å². The highest BCUT2D eigenvalue weighted by atomic mass is 15.2. The van der Waals surface area contributed by atoms with Gasteiger partial charge in [-0.3, -0.25) is 9.88 Å². The minimum atomic E-state index is 0.370. The fourth-order valence-electron chi connectivity index (χ4n) is 3.75. The summed E-state index contributed by atoms with van der Waals surface area (Å²) in [7, 11) is 2.11. The maximum atomic E-state index is 4.49. The Labute approximate surface area is 123 Å². The van der Waals surface area contributed by atoms with Gasteiger partial charge in [0.2, 0.25) is 0 Å². The number of hydrogen-bond donors (Lipinski definition) is 1. The highest BCUT2D eigenvalue weighted by Crippen LogP contribution is 2.37. The van der Waals surface area contributed by atoms with Crippen molar-refractivity contribution in [3.05, 3.63) is 30.1 Å². The maximum absolute atomic E-state index is 4.49. The standard InChI is InChI=1S/C17H29N3/c1-5-20(13-14-9-6-7-12-19-14)15-10-8-11-17(2,3)16(15)18-4/h6-7,9,12,15-16,18H,5,8,10-11,13H2,1-4H3. The van der Waals surface area contributed by atoms with Crippen LogP contribution in [0.4, 0.5) is 0 Å². The highest BCUT2D eigenvalue weighted by molar-refractivity contribution is 5.05. The maximum Gasteiger partial charge on any atom is 0.0544 e. The summed E-state index contributed by atoms with van der Waals surface area (Å²) in [6, 6.07) is 7.36. The molecule has 1 N–H and O–H groups in total. The average molecular weight is 275 g/mol. The number of pyridine rings is 1. The third-order valence-electron chi connectivity index (χ3n) is 4.83. The molecule has 1 aliphatic carbocycles. The summed E-state index contributed by atoms with van der Waals surface area (Å²) in [5.41, 5.74) is 1.54. The summed E-state index contributed by atoms with van der Waals surface area (Å²) in [6.07, 6.45) is 5.82. The van der Waals surface area contributed by atoms with Crippen LogP contribution in [0.3, 0.4) is 0 Å². The number of nitrogens with zero attached hydrogens (tertiary/aromatic N) is 2. The summed E-state index contributed by atoms with van der Waals surface area (Å²) in [5, 5.41) is 3.58. The molecule has 1 aromatic rings. The predicted molar refractivity (Wildman–Crippen MR) is 84.6 cm³/mol. The largest absolute Gasteiger partial charge is 0.315 e. The van der Waals surface area contributed by atoms with Gasteiger partial charge in [0.1, 0.15) is 0 Å². The van der Waals surface area contributed by atoms with Gasteiger partial charge < -0.3 is 5.32 Å². The summed E-state index contributed by atoms with van der Waals surface area (Å²) >= 11 is 0. The van der Waals surface area contributed by atoms with Crippen LogP contribution in [-0.4, -0.2) is 35.6 Å². The zero-order valence-corrected chi connectivity index (χ0v) is 13.4. The number of rotatable bonds is 5. The van der Waals surface area contributed by atoms with E-state index in [0.29, 0.717) is 17.5 Å². The molecule has 2 atom stereocenters. The fraction of sp³-hybridized carbons (Fsp3) is 0.706. The van der Waals surface area contributed by atoms with Crippen LogP contribution in [0.25, 0.3) is 0 Å². The molecule has 0 bridgehead atoms. The molecule has 0 aromatic carbocycles. The van der Waals surface area contributed by atoms with E-state index in [2.05, 4.69) is 55.2 Å². The van der Waals surface area contributed by atoms with Crippen LogP contribution in [0.1, 0.15) is 45.7 Å². The summed E-state index contributed by atoms with van der Waals surface area (Å²) in [4.78, 5) is 7.07. The second kappa shape index (κ2) is 6.68. The Bertz CT molecular complexity index is 402. The Morgan fingerprint density at radius 1 is 1.40 bits per heavy atom. The molecule has 1 aromatic heterocycles. The van der Waals surface area contributed by atoms with Gasteiger partial charge in [0, 0.05) is 24.8 Å². The lowest BCUT2D eigenvalue weighted by atomic mass is 9.70. The Hall–Kier alpha value is -0.930. The number of aromatic nitrogens is 1. The Morgan fingerprint density at radius 3 is 2.80 bits per heavy atom. The SMILES string of the molecule is CCN(Cc1ccccn1)C1CCCC(C)(C)C1NC. The fourth-order valence-corrected chi connectivity index (χ4v) is 3.75. The van der Waals surface area contributed by atoms with Crippen LogP contribution in [-0.2, 0) is 6.54 Å². The van der Waals surface area contributed by atoms with E-state index in [1.165, 1.54) is 25.0 Å². The van der Waals surface area contributed by atoms with Crippen LogP contribution >= 0.6 is 0 Å². The average Bonchev–Trinajstić information content (AvgIpc) is 2.44. The van der Waals surface area contributed by atoms with Crippen molar-refractivity contribution in [1.82, 2.24) is 15.2 Å². The molecule has 2 rings (SSSR count). The first-order valence-electron chi connectivity index (χ1n) is 7.89. The van der Waals surface area contributed by atoms with Gasteiger partial charge in [-0.2, -0.15) is 0 Å². The molecule has 1 heterocycles. The van der Waals surface area contributed by atoms with Crippen LogP contribution in [0.15, 0.2) is 24.4 Å². The monoisotopic (exact) mass is 275 g/mol. The molecule has 0 amide bonds. The van der Waals surface area contributed by atoms with Gasteiger partial charge in [0.05, 0.1) is 5.69 Å². The molecule has 3 heteroatoms. The van der Waals surface area contributed by atoms with Crippen molar-refractivity contribution in [2.24, 2.45) is 5.41 Å². The molecule has 1 saturated carbocycles. The minimum absolute atomic E-state index is 0.370. The minimum Gasteiger partial charge on any atom is -0.315 e. The molecule has 0 aliphatic heterocycles. The van der Waals surface area contributed by atoms with Crippen molar-refractivity contribution in [1.29, 1.82) is 0 Å². The Kier molecular flexibility index (Phi) is 5.17. The van der Waals surface area contributed by atoms with Gasteiger partial charge in [-0.1, -0.05) is 33.3 Å². The van der Waals surface area contributed by atoms with E-state index in [-0.39, 0.29) is 0 Å². The lowest BCUT2D eigenvalue weighted by molar-refractivity contribution is 0.0498. The van der Waals surface area contributed by atoms with E-state index in [1.807, 2.05) is 12.3 Å². The van der Waals surface area contributed by atoms with E-state index in [0.717, 1.165) is 13.1 Å². The van der Waals surface area contributed by atoms with E-state index < -0.39 is 0 Å². The molecule has 20 heavy (non-hydrogen) atoms. The van der Waals surface area contributed by atoms with E-state index in [1.54, 1.807) is 0 Å². The third kappa shape index (κ3) is 3.39. The van der Waals surface area contributed by atoms with Crippen molar-refractivity contribution >= 4 is 0 Å². The number of nitrogens with one attached hydrogen (secondary N) is 1. The van der Waals surface area contributed by atoms with Crippen molar-refractivity contribution in [2.45, 2.75) is 58.7 Å². The number of hydrogen-bond acceptors (Lipinski definition) is 3. The molecule has 1 fully saturated rings. The second-order valence-electron chi connectivity index (χ2n) is 6.60. The highest BCUT2D eigenvalue weighted by Gasteiger charge is 2.40. The van der Waals surface area contributed by atoms with E-state index >= 15 is 0 Å². The third-order valence-corrected chi connectivity index (χ3v) is 4.83. The van der Waals surface area contributed by atoms with Gasteiger partial charge in [-0.05, 0) is 44.0 Å². The van der Waals surface area contributed by atoms with Crippen LogP contribution in [0.2, 0.25) is 0 Å². The summed E-state index contributed by atoms with van der Waals surface area (Å²) < 4.78 is 0. The van der Waals surface area contributed by atoms with E-state index in [4.69, 9.17) is 0 Å². The molecule has 3 nitrogen and oxygen atoms in total. The first kappa shape index (κ1) is 15.5. The first-order valence-corrected chi connectivity index (χ1v) is 7.89. The zero-order chi connectivity index (χ0) is 14.6. The molecule has 0 radical (unpaired) electrons. The lowest BCUT2D eigenvalue weighted by Crippen LogP contribution is -2.57. The smallest absolute Gasteiger partial charge is 0.0544 e. The van der Waals surface area contributed by atoms with Crippen LogP contribution in [0.5, 0.6) is 0 Å². The van der Waals surface area contributed by atoms with Crippen LogP contribution < -0.4 is 5.32 Å². The zero-order valence-electron chi connectivity index (χ0n) is 13.4.